The van der Waals surface area contributed by atoms with Crippen molar-refractivity contribution in [1.29, 1.82) is 10.5 Å². The van der Waals surface area contributed by atoms with Crippen LogP contribution in [0.3, 0.4) is 0 Å². The van der Waals surface area contributed by atoms with E-state index in [1.807, 2.05) is 0 Å². The summed E-state index contributed by atoms with van der Waals surface area (Å²) >= 11 is 0. The van der Waals surface area contributed by atoms with Crippen LogP contribution in [0.5, 0.6) is 0 Å². The third kappa shape index (κ3) is 11.9. The third-order valence-electron chi connectivity index (χ3n) is 6.94. The number of quaternary nitrogens is 4. The van der Waals surface area contributed by atoms with Gasteiger partial charge in [0, 0.05) is 13.8 Å². The van der Waals surface area contributed by atoms with E-state index in [-0.39, 0.29) is 24.8 Å². The van der Waals surface area contributed by atoms with E-state index in [2.05, 4.69) is 20.4 Å². The number of nitrogens with zero attached hydrogens (tertiary/aromatic N) is 10. The molecule has 0 aromatic heterocycles. The van der Waals surface area contributed by atoms with Crippen molar-refractivity contribution in [3.05, 3.63) is 0 Å². The van der Waals surface area contributed by atoms with E-state index in [9.17, 15) is 52.7 Å². The summed E-state index contributed by atoms with van der Waals surface area (Å²) in [6.45, 7) is 2.86. The number of hydrogen-bond donors (Lipinski definition) is 0. The summed E-state index contributed by atoms with van der Waals surface area (Å²) in [7, 11) is -6.47. The molecule has 0 atom stereocenters. The summed E-state index contributed by atoms with van der Waals surface area (Å²) < 4.78 is 195. The topological polar surface area (TPSA) is 143 Å². The molecule has 0 bridgehead atoms. The maximum Gasteiger partial charge on any atom is -1.00 e. The van der Waals surface area contributed by atoms with E-state index in [1.54, 1.807) is 12.1 Å². The fourth-order valence-electron chi connectivity index (χ4n) is 6.64. The minimum atomic E-state index is -7.02. The smallest absolute Gasteiger partial charge is 1.00 e. The van der Waals surface area contributed by atoms with Crippen molar-refractivity contribution in [3.8, 4) is 12.1 Å². The summed E-state index contributed by atoms with van der Waals surface area (Å²) in [6.07, 6.45) is -27.1. The number of halogens is 14. The fraction of sp³-hybridized carbons (Fsp3) is 0.750. The molecule has 0 radical (unpaired) electrons. The SMILES string of the molecule is CC#N.CC#N.C[N+]1(C)C[Si-]2(O[Si-]34(C[N+](C)(C)N=C(C(F)(F)F)O3)C[N+](C)(C)N=C(C(F)(F)F)O4)(C[N+](C)(C)N=C(C(F)(F)F)O2)OC(C(F)(F)F)=N1.[Cl-].[Cl-]. The Kier molecular flexibility index (Phi) is 14.1. The fourth-order valence-corrected chi connectivity index (χ4v) is 21.8. The minimum Gasteiger partial charge on any atom is -1.00 e. The average molecular weight is 902 g/mol. The van der Waals surface area contributed by atoms with Crippen LogP contribution in [-0.4, -0.2) is 164 Å². The molecule has 0 unspecified atom stereocenters. The van der Waals surface area contributed by atoms with E-state index in [0.717, 1.165) is 56.4 Å². The summed E-state index contributed by atoms with van der Waals surface area (Å²) in [5, 5.41) is 28.2. The van der Waals surface area contributed by atoms with E-state index in [4.69, 9.17) is 32.3 Å². The predicted molar refractivity (Wildman–Crippen MR) is 161 cm³/mol. The molecular formula is C24H38Cl2F12N10O5Si2. The molecule has 0 fully saturated rings. The predicted octanol–water partition coefficient (Wildman–Crippen LogP) is -2.06. The number of nitriles is 2. The molecule has 0 N–H and O–H groups in total. The quantitative estimate of drug-likeness (QED) is 0.177. The first-order valence-corrected chi connectivity index (χ1v) is 20.0. The Morgan fingerprint density at radius 1 is 0.473 bits per heavy atom. The standard InChI is InChI=1S/C20H32F12N8O5Si2.2C2H3N.2ClH/c1-37(2)9-46(41-13(33-37)17(21,22)23,10-38(3,4)34-14(42-46)18(24,25)26)45-47(11-39(5,6)35-15(43-47)19(27,28)29)12-40(7,8)36-16(44-47)20(30,31)32;2*1-2-3;;/h9-12H2,1-8H3;2*1H3;2*1H/q+2;;;;/p-2. The zero-order chi connectivity index (χ0) is 41.8. The molecule has 15 nitrogen and oxygen atoms in total. The van der Waals surface area contributed by atoms with Gasteiger partial charge in [0.15, 0.2) is 0 Å². The zero-order valence-electron chi connectivity index (χ0n) is 30.6. The van der Waals surface area contributed by atoms with Crippen LogP contribution in [0.1, 0.15) is 13.8 Å². The first-order chi connectivity index (χ1) is 23.2. The Balaban J connectivity index is 0.00000342. The average Bonchev–Trinajstić information content (AvgIpc) is 2.82. The number of hydrogen-bond acceptors (Lipinski definition) is 11. The van der Waals surface area contributed by atoms with E-state index in [0.29, 0.717) is 0 Å². The molecule has 0 saturated carbocycles. The van der Waals surface area contributed by atoms with E-state index >= 15 is 0 Å². The monoisotopic (exact) mass is 900 g/mol. The molecule has 0 aromatic carbocycles. The van der Waals surface area contributed by atoms with Crippen LogP contribution >= 0.6 is 0 Å². The van der Waals surface area contributed by atoms with Gasteiger partial charge in [-0.15, -0.1) is 0 Å². The molecule has 2 spiro atoms. The molecule has 0 aliphatic carbocycles. The molecular weight excluding hydrogens is 863 g/mol. The molecule has 55 heavy (non-hydrogen) atoms. The van der Waals surface area contributed by atoms with E-state index < -0.39 is 107 Å². The Labute approximate surface area is 319 Å². The Morgan fingerprint density at radius 2 is 0.618 bits per heavy atom. The zero-order valence-corrected chi connectivity index (χ0v) is 34.1. The van der Waals surface area contributed by atoms with Crippen LogP contribution < -0.4 is 24.8 Å². The number of rotatable bonds is 2. The van der Waals surface area contributed by atoms with Crippen LogP contribution in [-0.2, 0) is 21.8 Å². The van der Waals surface area contributed by atoms with Crippen molar-refractivity contribution < 1.29 is 118 Å². The molecule has 4 aliphatic heterocycles. The molecule has 0 aromatic rings. The van der Waals surface area contributed by atoms with Crippen LogP contribution in [0.25, 0.3) is 0 Å². The first kappa shape index (κ1) is 51.8. The molecule has 4 aliphatic rings. The maximum absolute atomic E-state index is 14.4. The van der Waals surface area contributed by atoms with Gasteiger partial charge >= 0.3 is 259 Å². The minimum absolute atomic E-state index is 0. The Hall–Kier alpha value is -3.17. The van der Waals surface area contributed by atoms with Crippen LogP contribution in [0.2, 0.25) is 0 Å². The summed E-state index contributed by atoms with van der Waals surface area (Å²) in [5.41, 5.74) is 0. The second-order valence-electron chi connectivity index (χ2n) is 14.4. The van der Waals surface area contributed by atoms with Gasteiger partial charge in [-0.1, -0.05) is 0 Å². The van der Waals surface area contributed by atoms with Crippen LogP contribution in [0, 0.1) is 22.7 Å². The van der Waals surface area contributed by atoms with Crippen molar-refractivity contribution in [1.82, 2.24) is 0 Å². The van der Waals surface area contributed by atoms with Crippen molar-refractivity contribution in [2.75, 3.05) is 81.1 Å². The number of alkyl halides is 12. The summed E-state index contributed by atoms with van der Waals surface area (Å²) in [6, 6.07) is 3.50. The Morgan fingerprint density at radius 3 is 0.745 bits per heavy atom. The molecule has 31 heteroatoms. The van der Waals surface area contributed by atoms with Gasteiger partial charge in [-0.3, -0.25) is 0 Å². The van der Waals surface area contributed by atoms with Gasteiger partial charge in [-0.25, -0.2) is 0 Å². The summed E-state index contributed by atoms with van der Waals surface area (Å²) in [5.74, 6) is -8.90. The van der Waals surface area contributed by atoms with Gasteiger partial charge < -0.3 is 24.8 Å². The van der Waals surface area contributed by atoms with Crippen LogP contribution in [0.15, 0.2) is 20.4 Å². The van der Waals surface area contributed by atoms with Gasteiger partial charge in [0.25, 0.3) is 0 Å². The van der Waals surface area contributed by atoms with Crippen molar-refractivity contribution in [2.45, 2.75) is 38.6 Å². The third-order valence-corrected chi connectivity index (χ3v) is 18.7. The van der Waals surface area contributed by atoms with Gasteiger partial charge in [0.05, 0.1) is 12.1 Å². The Bertz CT molecular complexity index is 1460. The second-order valence-corrected chi connectivity index (χ2v) is 22.8. The molecule has 0 saturated heterocycles. The first-order valence-electron chi connectivity index (χ1n) is 14.7. The van der Waals surface area contributed by atoms with Crippen LogP contribution in [0.4, 0.5) is 52.7 Å². The summed E-state index contributed by atoms with van der Waals surface area (Å²) in [4.78, 5) is 0. The van der Waals surface area contributed by atoms with Gasteiger partial charge in [-0.2, -0.15) is 10.5 Å². The maximum atomic E-state index is 14.4. The molecule has 0 amide bonds. The van der Waals surface area contributed by atoms with Crippen molar-refractivity contribution >= 4 is 39.8 Å². The van der Waals surface area contributed by atoms with Gasteiger partial charge in [0.1, 0.15) is 0 Å². The normalized spacial score (nSPS) is 26.0. The second kappa shape index (κ2) is 15.0. The molecule has 4 heterocycles. The molecule has 4 rings (SSSR count). The van der Waals surface area contributed by atoms with Crippen molar-refractivity contribution in [2.24, 2.45) is 20.4 Å². The van der Waals surface area contributed by atoms with E-state index in [1.165, 1.54) is 13.8 Å². The van der Waals surface area contributed by atoms with Gasteiger partial charge in [-0.05, 0) is 0 Å². The van der Waals surface area contributed by atoms with Crippen molar-refractivity contribution in [3.63, 3.8) is 0 Å². The molecule has 320 valence electrons. The van der Waals surface area contributed by atoms with Gasteiger partial charge in [0.2, 0.25) is 0 Å². The largest absolute Gasteiger partial charge is 1.00 e.